The summed E-state index contributed by atoms with van der Waals surface area (Å²) in [7, 11) is 0. The Morgan fingerprint density at radius 2 is 0.929 bits per heavy atom. The van der Waals surface area contributed by atoms with Gasteiger partial charge < -0.3 is 0 Å². The molecule has 0 heterocycles. The third kappa shape index (κ3) is 4.70. The average molecular weight is 402 g/mol. The van der Waals surface area contributed by atoms with Crippen LogP contribution in [0.1, 0.15) is 63.8 Å². The molecule has 0 nitrogen and oxygen atoms in total. The van der Waals surface area contributed by atoms with E-state index in [-0.39, 0.29) is 5.56 Å². The summed E-state index contributed by atoms with van der Waals surface area (Å²) >= 11 is 0. The zero-order chi connectivity index (χ0) is 21.7. The van der Waals surface area contributed by atoms with Crippen LogP contribution in [0.5, 0.6) is 0 Å². The molecule has 0 aromatic heterocycles. The van der Waals surface area contributed by atoms with Crippen molar-refractivity contribution in [2.75, 3.05) is 0 Å². The summed E-state index contributed by atoms with van der Waals surface area (Å²) < 4.78 is 81.6. The van der Waals surface area contributed by atoms with Gasteiger partial charge in [0.15, 0.2) is 0 Å². The molecule has 0 bridgehead atoms. The normalized spacial score (nSPS) is 13.7. The quantitative estimate of drug-likeness (QED) is 0.424. The Morgan fingerprint density at radius 3 is 1.21 bits per heavy atom. The van der Waals surface area contributed by atoms with E-state index in [0.29, 0.717) is 23.3 Å². The van der Waals surface area contributed by atoms with Crippen LogP contribution in [0.2, 0.25) is 0 Å². The van der Waals surface area contributed by atoms with Crippen molar-refractivity contribution < 1.29 is 26.3 Å². The van der Waals surface area contributed by atoms with Crippen molar-refractivity contribution in [3.05, 3.63) is 58.7 Å². The summed E-state index contributed by atoms with van der Waals surface area (Å²) in [4.78, 5) is 0. The Morgan fingerprint density at radius 1 is 0.571 bits per heavy atom. The third-order valence-electron chi connectivity index (χ3n) is 4.63. The minimum Gasteiger partial charge on any atom is -0.166 e. The highest BCUT2D eigenvalue weighted by molar-refractivity contribution is 5.74. The maximum Gasteiger partial charge on any atom is 0.417 e. The van der Waals surface area contributed by atoms with Crippen molar-refractivity contribution in [3.8, 4) is 11.1 Å². The second-order valence-electron chi connectivity index (χ2n) is 9.02. The summed E-state index contributed by atoms with van der Waals surface area (Å²) in [6, 6.07) is 6.93. The standard InChI is InChI=1S/C22H24F6/c1-19(2,3)14-10-13(11-15(12-14)20(4,5)6)18-16(21(23,24)25)8-7-9-17(18)22(26,27)28/h7-12H,1-6H3. The monoisotopic (exact) mass is 402 g/mol. The molecular weight excluding hydrogens is 378 g/mol. The SMILES string of the molecule is CC(C)(C)c1cc(-c2c(C(F)(F)F)cccc2C(F)(F)F)cc(C(C)(C)C)c1. The molecule has 0 atom stereocenters. The van der Waals surface area contributed by atoms with E-state index in [9.17, 15) is 26.3 Å². The molecule has 2 rings (SSSR count). The van der Waals surface area contributed by atoms with Gasteiger partial charge in [-0.05, 0) is 39.7 Å². The maximum atomic E-state index is 13.6. The smallest absolute Gasteiger partial charge is 0.166 e. The van der Waals surface area contributed by atoms with Gasteiger partial charge in [-0.2, -0.15) is 26.3 Å². The van der Waals surface area contributed by atoms with E-state index in [4.69, 9.17) is 0 Å². The summed E-state index contributed by atoms with van der Waals surface area (Å²) in [6.07, 6.45) is -9.81. The second-order valence-corrected chi connectivity index (χ2v) is 9.02. The molecule has 0 saturated carbocycles. The first-order chi connectivity index (χ1) is 12.4. The fourth-order valence-corrected chi connectivity index (χ4v) is 2.97. The first kappa shape index (κ1) is 22.3. The van der Waals surface area contributed by atoms with Gasteiger partial charge in [0, 0.05) is 5.56 Å². The van der Waals surface area contributed by atoms with Crippen LogP contribution in [0, 0.1) is 0 Å². The fourth-order valence-electron chi connectivity index (χ4n) is 2.97. The van der Waals surface area contributed by atoms with Gasteiger partial charge in [0.25, 0.3) is 0 Å². The molecule has 0 saturated heterocycles. The Hall–Kier alpha value is -1.98. The van der Waals surface area contributed by atoms with E-state index in [1.54, 1.807) is 0 Å². The number of hydrogen-bond donors (Lipinski definition) is 0. The minimum atomic E-state index is -4.91. The van der Waals surface area contributed by atoms with Crippen molar-refractivity contribution in [3.63, 3.8) is 0 Å². The fraction of sp³-hybridized carbons (Fsp3) is 0.455. The predicted molar refractivity (Wildman–Crippen MR) is 99.3 cm³/mol. The van der Waals surface area contributed by atoms with Gasteiger partial charge in [-0.1, -0.05) is 65.8 Å². The van der Waals surface area contributed by atoms with Crippen LogP contribution < -0.4 is 0 Å². The van der Waals surface area contributed by atoms with Crippen LogP contribution in [-0.4, -0.2) is 0 Å². The molecular formula is C22H24F6. The Bertz CT molecular complexity index is 794. The molecule has 0 spiro atoms. The lowest BCUT2D eigenvalue weighted by molar-refractivity contribution is -0.142. The molecule has 2 aromatic carbocycles. The summed E-state index contributed by atoms with van der Waals surface area (Å²) in [5, 5.41) is 0. The van der Waals surface area contributed by atoms with Crippen LogP contribution in [0.15, 0.2) is 36.4 Å². The van der Waals surface area contributed by atoms with E-state index in [1.165, 1.54) is 12.1 Å². The highest BCUT2D eigenvalue weighted by Crippen LogP contribution is 2.46. The zero-order valence-corrected chi connectivity index (χ0v) is 16.7. The summed E-state index contributed by atoms with van der Waals surface area (Å²) in [5.74, 6) is 0. The van der Waals surface area contributed by atoms with Crippen LogP contribution >= 0.6 is 0 Å². The van der Waals surface area contributed by atoms with Crippen molar-refractivity contribution >= 4 is 0 Å². The molecule has 154 valence electrons. The Labute approximate surface area is 161 Å². The van der Waals surface area contributed by atoms with Crippen LogP contribution in [0.4, 0.5) is 26.3 Å². The lowest BCUT2D eigenvalue weighted by atomic mass is 9.78. The molecule has 0 radical (unpaired) electrons. The Kier molecular flexibility index (Phi) is 5.43. The second kappa shape index (κ2) is 6.82. The molecule has 2 aromatic rings. The number of alkyl halides is 6. The topological polar surface area (TPSA) is 0 Å². The third-order valence-corrected chi connectivity index (χ3v) is 4.63. The van der Waals surface area contributed by atoms with Crippen LogP contribution in [0.25, 0.3) is 11.1 Å². The van der Waals surface area contributed by atoms with E-state index in [0.717, 1.165) is 6.07 Å². The number of benzene rings is 2. The first-order valence-electron chi connectivity index (χ1n) is 8.86. The lowest BCUT2D eigenvalue weighted by Gasteiger charge is -2.27. The molecule has 0 amide bonds. The van der Waals surface area contributed by atoms with Gasteiger partial charge >= 0.3 is 12.4 Å². The molecule has 0 N–H and O–H groups in total. The van der Waals surface area contributed by atoms with Crippen molar-refractivity contribution in [1.29, 1.82) is 0 Å². The van der Waals surface area contributed by atoms with Crippen molar-refractivity contribution in [2.24, 2.45) is 0 Å². The minimum absolute atomic E-state index is 0.0717. The van der Waals surface area contributed by atoms with Gasteiger partial charge in [-0.15, -0.1) is 0 Å². The molecule has 0 fully saturated rings. The van der Waals surface area contributed by atoms with E-state index < -0.39 is 39.9 Å². The number of rotatable bonds is 1. The number of hydrogen-bond acceptors (Lipinski definition) is 0. The summed E-state index contributed by atoms with van der Waals surface area (Å²) in [6.45, 7) is 11.2. The van der Waals surface area contributed by atoms with Crippen molar-refractivity contribution in [2.45, 2.75) is 64.7 Å². The molecule has 0 aliphatic heterocycles. The molecule has 28 heavy (non-hydrogen) atoms. The largest absolute Gasteiger partial charge is 0.417 e. The zero-order valence-electron chi connectivity index (χ0n) is 16.7. The lowest BCUT2D eigenvalue weighted by Crippen LogP contribution is -2.18. The maximum absolute atomic E-state index is 13.6. The van der Waals surface area contributed by atoms with Crippen LogP contribution in [-0.2, 0) is 23.2 Å². The Balaban J connectivity index is 2.98. The van der Waals surface area contributed by atoms with Gasteiger partial charge in [0.05, 0.1) is 11.1 Å². The highest BCUT2D eigenvalue weighted by atomic mass is 19.4. The molecule has 0 unspecified atom stereocenters. The van der Waals surface area contributed by atoms with Gasteiger partial charge in [0.2, 0.25) is 0 Å². The van der Waals surface area contributed by atoms with Crippen LogP contribution in [0.3, 0.4) is 0 Å². The molecule has 0 aliphatic carbocycles. The van der Waals surface area contributed by atoms with Gasteiger partial charge in [-0.25, -0.2) is 0 Å². The predicted octanol–water partition coefficient (Wildman–Crippen LogP) is 7.99. The van der Waals surface area contributed by atoms with Crippen molar-refractivity contribution in [1.82, 2.24) is 0 Å². The molecule has 0 aliphatic rings. The first-order valence-corrected chi connectivity index (χ1v) is 8.86. The van der Waals surface area contributed by atoms with Gasteiger partial charge in [0.1, 0.15) is 0 Å². The summed E-state index contributed by atoms with van der Waals surface area (Å²) in [5.41, 5.74) is -2.98. The highest BCUT2D eigenvalue weighted by Gasteiger charge is 2.41. The van der Waals surface area contributed by atoms with E-state index in [2.05, 4.69) is 0 Å². The van der Waals surface area contributed by atoms with E-state index >= 15 is 0 Å². The van der Waals surface area contributed by atoms with Gasteiger partial charge in [-0.3, -0.25) is 0 Å². The number of halogens is 6. The molecule has 6 heteroatoms. The van der Waals surface area contributed by atoms with E-state index in [1.807, 2.05) is 47.6 Å². The average Bonchev–Trinajstić information content (AvgIpc) is 2.50.